The highest BCUT2D eigenvalue weighted by molar-refractivity contribution is 14.0. The lowest BCUT2D eigenvalue weighted by atomic mass is 9.55. The lowest BCUT2D eigenvalue weighted by molar-refractivity contribution is -0.145. The Kier molecular flexibility index (Phi) is 10.1. The third kappa shape index (κ3) is 6.22. The molecular formula is C21H41IN4O3S. The van der Waals surface area contributed by atoms with Crippen LogP contribution < -0.4 is 10.6 Å². The predicted molar refractivity (Wildman–Crippen MR) is 133 cm³/mol. The number of nitrogens with one attached hydrogen (secondary N) is 2. The van der Waals surface area contributed by atoms with Crippen molar-refractivity contribution in [3.63, 3.8) is 0 Å². The summed E-state index contributed by atoms with van der Waals surface area (Å²) in [6.45, 7) is 7.81. The summed E-state index contributed by atoms with van der Waals surface area (Å²) in [6, 6.07) is 0.434. The normalized spacial score (nSPS) is 27.9. The Hall–Kier alpha value is -0.130. The number of ether oxygens (including phenoxy) is 1. The Morgan fingerprint density at radius 1 is 1.17 bits per heavy atom. The molecule has 0 aromatic rings. The van der Waals surface area contributed by atoms with Crippen LogP contribution in [0.4, 0.5) is 0 Å². The molecule has 30 heavy (non-hydrogen) atoms. The summed E-state index contributed by atoms with van der Waals surface area (Å²) in [6.07, 6.45) is 11.0. The Morgan fingerprint density at radius 3 is 2.40 bits per heavy atom. The van der Waals surface area contributed by atoms with Crippen molar-refractivity contribution in [2.45, 2.75) is 77.4 Å². The fourth-order valence-electron chi connectivity index (χ4n) is 5.39. The topological polar surface area (TPSA) is 83.0 Å². The van der Waals surface area contributed by atoms with Crippen LogP contribution in [-0.2, 0) is 14.8 Å². The summed E-state index contributed by atoms with van der Waals surface area (Å²) in [5, 5.41) is 7.14. The molecule has 0 aromatic heterocycles. The molecule has 2 atom stereocenters. The van der Waals surface area contributed by atoms with Crippen LogP contribution in [0.5, 0.6) is 0 Å². The average Bonchev–Trinajstić information content (AvgIpc) is 2.71. The average molecular weight is 557 g/mol. The van der Waals surface area contributed by atoms with Crippen molar-refractivity contribution in [1.82, 2.24) is 14.9 Å². The van der Waals surface area contributed by atoms with Crippen molar-refractivity contribution in [2.75, 3.05) is 39.0 Å². The molecule has 0 aromatic carbocycles. The maximum Gasteiger partial charge on any atom is 0.211 e. The molecule has 3 rings (SSSR count). The first-order valence-corrected chi connectivity index (χ1v) is 13.4. The van der Waals surface area contributed by atoms with Gasteiger partial charge in [-0.2, -0.15) is 0 Å². The second kappa shape index (κ2) is 11.7. The van der Waals surface area contributed by atoms with Gasteiger partial charge in [0.15, 0.2) is 5.96 Å². The van der Waals surface area contributed by atoms with Crippen LogP contribution in [0.25, 0.3) is 0 Å². The van der Waals surface area contributed by atoms with Gasteiger partial charge in [0.2, 0.25) is 10.0 Å². The van der Waals surface area contributed by atoms with Gasteiger partial charge in [-0.25, -0.2) is 12.7 Å². The van der Waals surface area contributed by atoms with E-state index in [1.54, 1.807) is 4.31 Å². The Morgan fingerprint density at radius 2 is 1.83 bits per heavy atom. The van der Waals surface area contributed by atoms with E-state index >= 15 is 0 Å². The highest BCUT2D eigenvalue weighted by atomic mass is 127. The third-order valence-electron chi connectivity index (χ3n) is 7.14. The number of hydrogen-bond donors (Lipinski definition) is 2. The SMILES string of the molecule is CCNC(=NCC1CCN(S(C)(=O)=O)CC1)NC1CC(OCC)C12CCCCC2.I. The molecule has 0 radical (unpaired) electrons. The van der Waals surface area contributed by atoms with Gasteiger partial charge >= 0.3 is 0 Å². The Labute approximate surface area is 200 Å². The molecule has 1 saturated heterocycles. The zero-order chi connectivity index (χ0) is 20.9. The van der Waals surface area contributed by atoms with Gasteiger partial charge in [-0.1, -0.05) is 19.3 Å². The van der Waals surface area contributed by atoms with Gasteiger partial charge in [0.1, 0.15) is 0 Å². The third-order valence-corrected chi connectivity index (χ3v) is 8.45. The molecule has 0 bridgehead atoms. The highest BCUT2D eigenvalue weighted by Gasteiger charge is 2.55. The fraction of sp³-hybridized carbons (Fsp3) is 0.952. The molecule has 2 saturated carbocycles. The van der Waals surface area contributed by atoms with Gasteiger partial charge in [0.05, 0.1) is 12.4 Å². The second-order valence-electron chi connectivity index (χ2n) is 9.00. The number of halogens is 1. The number of guanidine groups is 1. The summed E-state index contributed by atoms with van der Waals surface area (Å²) in [4.78, 5) is 4.88. The van der Waals surface area contributed by atoms with Crippen LogP contribution in [0.3, 0.4) is 0 Å². The number of sulfonamides is 1. The summed E-state index contributed by atoms with van der Waals surface area (Å²) in [5.41, 5.74) is 0.269. The molecule has 0 amide bonds. The van der Waals surface area contributed by atoms with E-state index in [0.29, 0.717) is 31.2 Å². The first kappa shape index (κ1) is 26.1. The van der Waals surface area contributed by atoms with Crippen molar-refractivity contribution >= 4 is 40.0 Å². The number of piperidine rings is 1. The van der Waals surface area contributed by atoms with Crippen molar-refractivity contribution < 1.29 is 13.2 Å². The lowest BCUT2D eigenvalue weighted by Gasteiger charge is -2.58. The van der Waals surface area contributed by atoms with E-state index < -0.39 is 10.0 Å². The molecule has 2 unspecified atom stereocenters. The molecule has 1 heterocycles. The Bertz CT molecular complexity index is 659. The van der Waals surface area contributed by atoms with Gasteiger partial charge in [-0.3, -0.25) is 4.99 Å². The van der Waals surface area contributed by atoms with E-state index in [-0.39, 0.29) is 29.4 Å². The first-order chi connectivity index (χ1) is 13.9. The maximum atomic E-state index is 11.7. The monoisotopic (exact) mass is 556 g/mol. The Balaban J connectivity index is 0.00000320. The summed E-state index contributed by atoms with van der Waals surface area (Å²) >= 11 is 0. The van der Waals surface area contributed by atoms with Crippen LogP contribution >= 0.6 is 24.0 Å². The minimum absolute atomic E-state index is 0. The van der Waals surface area contributed by atoms with E-state index in [0.717, 1.165) is 44.9 Å². The zero-order valence-corrected chi connectivity index (χ0v) is 22.0. The summed E-state index contributed by atoms with van der Waals surface area (Å²) in [5.74, 6) is 1.35. The first-order valence-electron chi connectivity index (χ1n) is 11.5. The second-order valence-corrected chi connectivity index (χ2v) is 11.0. The van der Waals surface area contributed by atoms with Crippen molar-refractivity contribution in [3.8, 4) is 0 Å². The van der Waals surface area contributed by atoms with Gasteiger partial charge in [0, 0.05) is 44.2 Å². The van der Waals surface area contributed by atoms with Crippen LogP contribution in [0.2, 0.25) is 0 Å². The number of aliphatic imine (C=N–C) groups is 1. The molecule has 3 fully saturated rings. The van der Waals surface area contributed by atoms with E-state index in [2.05, 4.69) is 24.5 Å². The van der Waals surface area contributed by atoms with Crippen LogP contribution in [0.1, 0.15) is 65.2 Å². The van der Waals surface area contributed by atoms with Gasteiger partial charge in [-0.15, -0.1) is 24.0 Å². The lowest BCUT2D eigenvalue weighted by Crippen LogP contribution is -2.66. The maximum absolute atomic E-state index is 11.7. The van der Waals surface area contributed by atoms with Gasteiger partial charge in [0.25, 0.3) is 0 Å². The number of nitrogens with zero attached hydrogens (tertiary/aromatic N) is 2. The smallest absolute Gasteiger partial charge is 0.211 e. The van der Waals surface area contributed by atoms with E-state index in [4.69, 9.17) is 9.73 Å². The molecule has 9 heteroatoms. The van der Waals surface area contributed by atoms with Crippen LogP contribution in [0, 0.1) is 11.3 Å². The van der Waals surface area contributed by atoms with Crippen molar-refractivity contribution in [3.05, 3.63) is 0 Å². The molecule has 1 aliphatic heterocycles. The molecule has 2 aliphatic carbocycles. The van der Waals surface area contributed by atoms with Crippen molar-refractivity contribution in [2.24, 2.45) is 16.3 Å². The molecule has 7 nitrogen and oxygen atoms in total. The number of hydrogen-bond acceptors (Lipinski definition) is 4. The summed E-state index contributed by atoms with van der Waals surface area (Å²) < 4.78 is 31.1. The van der Waals surface area contributed by atoms with E-state index in [1.165, 1.54) is 38.4 Å². The predicted octanol–water partition coefficient (Wildman–Crippen LogP) is 2.96. The number of rotatable bonds is 7. The van der Waals surface area contributed by atoms with Crippen LogP contribution in [0.15, 0.2) is 4.99 Å². The highest BCUT2D eigenvalue weighted by Crippen LogP contribution is 2.53. The van der Waals surface area contributed by atoms with E-state index in [1.807, 2.05) is 0 Å². The molecule has 176 valence electrons. The molecule has 2 N–H and O–H groups in total. The molecule has 3 aliphatic rings. The van der Waals surface area contributed by atoms with Gasteiger partial charge < -0.3 is 15.4 Å². The molecule has 1 spiro atoms. The minimum Gasteiger partial charge on any atom is -0.378 e. The standard InChI is InChI=1S/C21H40N4O3S.HI/c1-4-22-20(23-16-17-9-13-25(14-10-17)29(3,26)27)24-18-15-19(28-5-2)21(18)11-7-6-8-12-21;/h17-19H,4-16H2,1-3H3,(H2,22,23,24);1H. The van der Waals surface area contributed by atoms with Crippen LogP contribution in [-0.4, -0.2) is 69.9 Å². The fourth-order valence-corrected chi connectivity index (χ4v) is 6.27. The van der Waals surface area contributed by atoms with E-state index in [9.17, 15) is 8.42 Å². The van der Waals surface area contributed by atoms with Gasteiger partial charge in [-0.05, 0) is 51.9 Å². The largest absolute Gasteiger partial charge is 0.378 e. The molecular weight excluding hydrogens is 515 g/mol. The quantitative estimate of drug-likeness (QED) is 0.286. The summed E-state index contributed by atoms with van der Waals surface area (Å²) in [7, 11) is -3.07. The zero-order valence-electron chi connectivity index (χ0n) is 18.9. The van der Waals surface area contributed by atoms with Crippen molar-refractivity contribution in [1.29, 1.82) is 0 Å². The minimum atomic E-state index is -3.07.